The highest BCUT2D eigenvalue weighted by Crippen LogP contribution is 2.24. The first-order valence-corrected chi connectivity index (χ1v) is 9.98. The molecule has 0 spiro atoms. The summed E-state index contributed by atoms with van der Waals surface area (Å²) in [5.41, 5.74) is 2.76. The molecule has 2 heterocycles. The number of hydrogen-bond donors (Lipinski definition) is 1. The molecule has 1 N–H and O–H groups in total. The Bertz CT molecular complexity index is 1290. The SMILES string of the molecule is Cc1cc(C)cc(Oc2nccn3c(=O)n(CC(=O)NCc4ccc(Cl)cc4)nc23)c1. The van der Waals surface area contributed by atoms with E-state index in [2.05, 4.69) is 15.4 Å². The molecular weight excluding hydrogens is 418 g/mol. The molecule has 4 aromatic rings. The summed E-state index contributed by atoms with van der Waals surface area (Å²) >= 11 is 5.87. The molecule has 9 heteroatoms. The van der Waals surface area contributed by atoms with Crippen molar-refractivity contribution in [1.29, 1.82) is 0 Å². The third kappa shape index (κ3) is 4.75. The van der Waals surface area contributed by atoms with Crippen molar-refractivity contribution in [3.63, 3.8) is 0 Å². The number of fused-ring (bicyclic) bond motifs is 1. The Balaban J connectivity index is 1.53. The molecule has 0 fully saturated rings. The average molecular weight is 438 g/mol. The van der Waals surface area contributed by atoms with Gasteiger partial charge in [-0.3, -0.25) is 4.79 Å². The molecule has 0 radical (unpaired) electrons. The maximum atomic E-state index is 12.7. The van der Waals surface area contributed by atoms with Gasteiger partial charge in [-0.25, -0.2) is 18.9 Å². The highest BCUT2D eigenvalue weighted by molar-refractivity contribution is 6.30. The van der Waals surface area contributed by atoms with Gasteiger partial charge < -0.3 is 10.1 Å². The molecule has 0 aliphatic carbocycles. The quantitative estimate of drug-likeness (QED) is 0.500. The largest absolute Gasteiger partial charge is 0.436 e. The van der Waals surface area contributed by atoms with Gasteiger partial charge in [-0.1, -0.05) is 29.8 Å². The molecule has 0 saturated carbocycles. The van der Waals surface area contributed by atoms with Gasteiger partial charge in [0.15, 0.2) is 0 Å². The van der Waals surface area contributed by atoms with E-state index in [1.54, 1.807) is 12.1 Å². The molecule has 0 bridgehead atoms. The van der Waals surface area contributed by atoms with E-state index in [-0.39, 0.29) is 24.0 Å². The Morgan fingerprint density at radius 1 is 1.13 bits per heavy atom. The van der Waals surface area contributed by atoms with E-state index in [0.29, 0.717) is 17.3 Å². The number of nitrogens with zero attached hydrogens (tertiary/aromatic N) is 4. The fourth-order valence-electron chi connectivity index (χ4n) is 3.20. The molecular formula is C22H20ClN5O3. The van der Waals surface area contributed by atoms with Crippen LogP contribution >= 0.6 is 11.6 Å². The lowest BCUT2D eigenvalue weighted by atomic mass is 10.1. The summed E-state index contributed by atoms with van der Waals surface area (Å²) < 4.78 is 8.27. The van der Waals surface area contributed by atoms with Gasteiger partial charge in [0.1, 0.15) is 12.3 Å². The van der Waals surface area contributed by atoms with E-state index >= 15 is 0 Å². The molecule has 2 aromatic heterocycles. The monoisotopic (exact) mass is 437 g/mol. The lowest BCUT2D eigenvalue weighted by Gasteiger charge is -2.07. The highest BCUT2D eigenvalue weighted by atomic mass is 35.5. The van der Waals surface area contributed by atoms with Crippen molar-refractivity contribution >= 4 is 23.2 Å². The second kappa shape index (κ2) is 8.61. The van der Waals surface area contributed by atoms with Gasteiger partial charge in [0, 0.05) is 24.0 Å². The van der Waals surface area contributed by atoms with E-state index in [4.69, 9.17) is 16.3 Å². The van der Waals surface area contributed by atoms with Crippen molar-refractivity contribution in [2.75, 3.05) is 0 Å². The van der Waals surface area contributed by atoms with Crippen molar-refractivity contribution in [3.8, 4) is 11.6 Å². The van der Waals surface area contributed by atoms with Crippen LogP contribution < -0.4 is 15.7 Å². The smallest absolute Gasteiger partial charge is 0.351 e. The fourth-order valence-corrected chi connectivity index (χ4v) is 3.33. The molecule has 0 aliphatic heterocycles. The second-order valence-corrected chi connectivity index (χ2v) is 7.63. The van der Waals surface area contributed by atoms with Crippen LogP contribution in [0.2, 0.25) is 5.02 Å². The Morgan fingerprint density at radius 2 is 1.84 bits per heavy atom. The number of carbonyl (C=O) groups is 1. The summed E-state index contributed by atoms with van der Waals surface area (Å²) in [5, 5.41) is 7.65. The molecule has 0 saturated heterocycles. The number of ether oxygens (including phenoxy) is 1. The van der Waals surface area contributed by atoms with Crippen LogP contribution in [0.25, 0.3) is 5.65 Å². The standard InChI is InChI=1S/C22H20ClN5O3/c1-14-9-15(2)11-18(10-14)31-21-20-26-28(22(30)27(20)8-7-24-21)13-19(29)25-12-16-3-5-17(23)6-4-16/h3-11H,12-13H2,1-2H3,(H,25,29). The molecule has 0 unspecified atom stereocenters. The molecule has 0 aliphatic rings. The normalized spacial score (nSPS) is 10.9. The zero-order valence-corrected chi connectivity index (χ0v) is 17.8. The summed E-state index contributed by atoms with van der Waals surface area (Å²) in [6.07, 6.45) is 2.94. The van der Waals surface area contributed by atoms with Gasteiger partial charge in [0.25, 0.3) is 5.88 Å². The summed E-state index contributed by atoms with van der Waals surface area (Å²) in [6.45, 7) is 4.03. The van der Waals surface area contributed by atoms with Crippen LogP contribution in [0, 0.1) is 13.8 Å². The van der Waals surface area contributed by atoms with Gasteiger partial charge >= 0.3 is 5.69 Å². The fraction of sp³-hybridized carbons (Fsp3) is 0.182. The van der Waals surface area contributed by atoms with Crippen LogP contribution in [-0.2, 0) is 17.9 Å². The molecule has 158 valence electrons. The van der Waals surface area contributed by atoms with E-state index < -0.39 is 5.69 Å². The number of halogens is 1. The first-order valence-electron chi connectivity index (χ1n) is 9.60. The van der Waals surface area contributed by atoms with Gasteiger partial charge in [-0.15, -0.1) is 5.10 Å². The van der Waals surface area contributed by atoms with E-state index in [9.17, 15) is 9.59 Å². The van der Waals surface area contributed by atoms with Crippen molar-refractivity contribution in [2.24, 2.45) is 0 Å². The number of hydrogen-bond acceptors (Lipinski definition) is 5. The predicted molar refractivity (Wildman–Crippen MR) is 117 cm³/mol. The third-order valence-electron chi connectivity index (χ3n) is 4.58. The second-order valence-electron chi connectivity index (χ2n) is 7.19. The Labute approximate surface area is 183 Å². The molecule has 31 heavy (non-hydrogen) atoms. The van der Waals surface area contributed by atoms with Crippen LogP contribution in [-0.4, -0.2) is 25.1 Å². The molecule has 4 rings (SSSR count). The van der Waals surface area contributed by atoms with Crippen LogP contribution in [0.1, 0.15) is 16.7 Å². The number of aryl methyl sites for hydroxylation is 2. The third-order valence-corrected chi connectivity index (χ3v) is 4.83. The van der Waals surface area contributed by atoms with Gasteiger partial charge in [-0.05, 0) is 54.8 Å². The van der Waals surface area contributed by atoms with Crippen molar-refractivity contribution in [1.82, 2.24) is 24.5 Å². The zero-order valence-electron chi connectivity index (χ0n) is 17.0. The van der Waals surface area contributed by atoms with Gasteiger partial charge in [0.2, 0.25) is 11.6 Å². The molecule has 8 nitrogen and oxygen atoms in total. The van der Waals surface area contributed by atoms with Crippen molar-refractivity contribution < 1.29 is 9.53 Å². The first-order chi connectivity index (χ1) is 14.9. The van der Waals surface area contributed by atoms with Crippen LogP contribution in [0.3, 0.4) is 0 Å². The number of nitrogens with one attached hydrogen (secondary N) is 1. The summed E-state index contributed by atoms with van der Waals surface area (Å²) in [4.78, 5) is 29.2. The van der Waals surface area contributed by atoms with Crippen LogP contribution in [0.15, 0.2) is 59.7 Å². The van der Waals surface area contributed by atoms with Crippen molar-refractivity contribution in [2.45, 2.75) is 26.9 Å². The number of amides is 1. The van der Waals surface area contributed by atoms with E-state index in [0.717, 1.165) is 21.4 Å². The minimum atomic E-state index is -0.454. The van der Waals surface area contributed by atoms with Gasteiger partial charge in [-0.2, -0.15) is 0 Å². The van der Waals surface area contributed by atoms with Gasteiger partial charge in [0.05, 0.1) is 0 Å². The predicted octanol–water partition coefficient (Wildman–Crippen LogP) is 3.27. The molecule has 1 amide bonds. The first kappa shape index (κ1) is 20.6. The molecule has 2 aromatic carbocycles. The lowest BCUT2D eigenvalue weighted by Crippen LogP contribution is -2.32. The Morgan fingerprint density at radius 3 is 2.55 bits per heavy atom. The zero-order chi connectivity index (χ0) is 22.0. The van der Waals surface area contributed by atoms with Crippen LogP contribution in [0.5, 0.6) is 11.6 Å². The Hall–Kier alpha value is -3.65. The topological polar surface area (TPSA) is 90.5 Å². The number of rotatable bonds is 6. The van der Waals surface area contributed by atoms with E-state index in [1.807, 2.05) is 44.2 Å². The summed E-state index contributed by atoms with van der Waals surface area (Å²) in [5.74, 6) is 0.441. The lowest BCUT2D eigenvalue weighted by molar-refractivity contribution is -0.122. The minimum absolute atomic E-state index is 0.185. The highest BCUT2D eigenvalue weighted by Gasteiger charge is 2.16. The summed E-state index contributed by atoms with van der Waals surface area (Å²) in [6, 6.07) is 12.9. The van der Waals surface area contributed by atoms with E-state index in [1.165, 1.54) is 16.8 Å². The van der Waals surface area contributed by atoms with Crippen molar-refractivity contribution in [3.05, 3.63) is 87.1 Å². The summed E-state index contributed by atoms with van der Waals surface area (Å²) in [7, 11) is 0. The number of carbonyl (C=O) groups excluding carboxylic acids is 1. The minimum Gasteiger partial charge on any atom is -0.436 e. The number of aromatic nitrogens is 4. The Kier molecular flexibility index (Phi) is 5.73. The van der Waals surface area contributed by atoms with Crippen LogP contribution in [0.4, 0.5) is 0 Å². The maximum Gasteiger partial charge on any atom is 0.351 e. The molecule has 0 atom stereocenters. The number of benzene rings is 2. The maximum absolute atomic E-state index is 12.7. The average Bonchev–Trinajstić information content (AvgIpc) is 3.03.